The largest absolute Gasteiger partial charge is 0.496 e. The summed E-state index contributed by atoms with van der Waals surface area (Å²) in [6.45, 7) is 0.784. The number of hydrogen-bond donors (Lipinski definition) is 0. The minimum atomic E-state index is -0.0425. The van der Waals surface area contributed by atoms with Gasteiger partial charge in [-0.2, -0.15) is 0 Å². The molecular weight excluding hydrogens is 326 g/mol. The number of benzene rings is 2. The van der Waals surface area contributed by atoms with Crippen molar-refractivity contribution in [2.45, 2.75) is 11.9 Å². The lowest BCUT2D eigenvalue weighted by Gasteiger charge is -2.25. The molecule has 2 heterocycles. The Balaban J connectivity index is 1.61. The van der Waals surface area contributed by atoms with Gasteiger partial charge in [0.1, 0.15) is 11.1 Å². The van der Waals surface area contributed by atoms with Crippen molar-refractivity contribution in [3.63, 3.8) is 0 Å². The first-order chi connectivity index (χ1) is 11.8. The van der Waals surface area contributed by atoms with Crippen molar-refractivity contribution >= 4 is 17.7 Å². The van der Waals surface area contributed by atoms with Gasteiger partial charge < -0.3 is 19.1 Å². The zero-order valence-electron chi connectivity index (χ0n) is 13.2. The number of thioether (sulfide) groups is 1. The van der Waals surface area contributed by atoms with Gasteiger partial charge in [-0.05, 0) is 23.8 Å². The highest BCUT2D eigenvalue weighted by molar-refractivity contribution is 8.00. The number of fused-ring (bicyclic) bond motifs is 1. The summed E-state index contributed by atoms with van der Waals surface area (Å²) in [6, 6.07) is 13.7. The van der Waals surface area contributed by atoms with E-state index in [-0.39, 0.29) is 18.1 Å². The molecule has 2 aliphatic heterocycles. The van der Waals surface area contributed by atoms with E-state index in [9.17, 15) is 4.79 Å². The molecule has 0 N–H and O–H groups in total. The predicted octanol–water partition coefficient (Wildman–Crippen LogP) is 3.20. The highest BCUT2D eigenvalue weighted by Gasteiger charge is 2.34. The molecule has 6 heteroatoms. The third-order valence-corrected chi connectivity index (χ3v) is 5.40. The van der Waals surface area contributed by atoms with E-state index in [4.69, 9.17) is 14.2 Å². The van der Waals surface area contributed by atoms with E-state index in [0.717, 1.165) is 28.4 Å². The summed E-state index contributed by atoms with van der Waals surface area (Å²) in [5, 5.41) is -0.0425. The number of carbonyl (C=O) groups is 1. The fourth-order valence-electron chi connectivity index (χ4n) is 2.99. The van der Waals surface area contributed by atoms with Gasteiger partial charge in [-0.25, -0.2) is 0 Å². The summed E-state index contributed by atoms with van der Waals surface area (Å²) in [6.07, 6.45) is 0. The Hall–Kier alpha value is -2.34. The molecule has 0 aliphatic carbocycles. The van der Waals surface area contributed by atoms with Crippen LogP contribution >= 0.6 is 11.8 Å². The number of methoxy groups -OCH3 is 1. The first kappa shape index (κ1) is 15.2. The highest BCUT2D eigenvalue weighted by atomic mass is 32.2. The van der Waals surface area contributed by atoms with Crippen molar-refractivity contribution in [1.82, 2.24) is 4.90 Å². The summed E-state index contributed by atoms with van der Waals surface area (Å²) in [5.74, 6) is 2.91. The van der Waals surface area contributed by atoms with Gasteiger partial charge in [0.2, 0.25) is 12.7 Å². The Morgan fingerprint density at radius 3 is 2.92 bits per heavy atom. The SMILES string of the molecule is COc1ccccc1[C@@H]1SCC(=O)N1Cc1ccc2c(c1)OCO2. The lowest BCUT2D eigenvalue weighted by Crippen LogP contribution is -2.27. The zero-order chi connectivity index (χ0) is 16.5. The molecule has 24 heavy (non-hydrogen) atoms. The maximum absolute atomic E-state index is 12.4. The van der Waals surface area contributed by atoms with Gasteiger partial charge in [-0.15, -0.1) is 11.8 Å². The second-order valence-corrected chi connectivity index (χ2v) is 6.68. The molecule has 1 fully saturated rings. The summed E-state index contributed by atoms with van der Waals surface area (Å²) >= 11 is 1.63. The van der Waals surface area contributed by atoms with Crippen molar-refractivity contribution in [3.05, 3.63) is 53.6 Å². The molecule has 0 saturated carbocycles. The summed E-state index contributed by atoms with van der Waals surface area (Å²) in [7, 11) is 1.66. The second kappa shape index (κ2) is 6.28. The zero-order valence-corrected chi connectivity index (χ0v) is 14.0. The molecule has 2 aliphatic rings. The molecule has 2 aromatic carbocycles. The van der Waals surface area contributed by atoms with E-state index >= 15 is 0 Å². The smallest absolute Gasteiger partial charge is 0.234 e. The van der Waals surface area contributed by atoms with Crippen LogP contribution in [0.15, 0.2) is 42.5 Å². The van der Waals surface area contributed by atoms with E-state index in [1.807, 2.05) is 47.4 Å². The molecule has 0 unspecified atom stereocenters. The van der Waals surface area contributed by atoms with E-state index in [0.29, 0.717) is 12.3 Å². The van der Waals surface area contributed by atoms with Crippen LogP contribution in [0.3, 0.4) is 0 Å². The van der Waals surface area contributed by atoms with Gasteiger partial charge in [-0.1, -0.05) is 24.3 Å². The molecule has 124 valence electrons. The summed E-state index contributed by atoms with van der Waals surface area (Å²) in [4.78, 5) is 14.3. The molecule has 5 nitrogen and oxygen atoms in total. The van der Waals surface area contributed by atoms with Crippen LogP contribution in [-0.4, -0.2) is 30.5 Å². The Labute approximate surface area is 144 Å². The van der Waals surface area contributed by atoms with Gasteiger partial charge in [0.05, 0.1) is 12.9 Å². The number of carbonyl (C=O) groups excluding carboxylic acids is 1. The number of amides is 1. The molecule has 0 spiro atoms. The first-order valence-electron chi connectivity index (χ1n) is 7.69. The van der Waals surface area contributed by atoms with E-state index in [1.165, 1.54) is 0 Å². The lowest BCUT2D eigenvalue weighted by atomic mass is 10.1. The van der Waals surface area contributed by atoms with Crippen LogP contribution in [0.5, 0.6) is 17.2 Å². The van der Waals surface area contributed by atoms with Crippen molar-refractivity contribution in [2.24, 2.45) is 0 Å². The average molecular weight is 343 g/mol. The minimum Gasteiger partial charge on any atom is -0.496 e. The standard InChI is InChI=1S/C18H17NO4S/c1-21-14-5-3-2-4-13(14)18-19(17(20)10-24-18)9-12-6-7-15-16(8-12)23-11-22-15/h2-8,18H,9-11H2,1H3/t18-/m0/s1. The fraction of sp³-hybridized carbons (Fsp3) is 0.278. The summed E-state index contributed by atoms with van der Waals surface area (Å²) in [5.41, 5.74) is 2.05. The predicted molar refractivity (Wildman–Crippen MR) is 91.3 cm³/mol. The van der Waals surface area contributed by atoms with Crippen LogP contribution < -0.4 is 14.2 Å². The lowest BCUT2D eigenvalue weighted by molar-refractivity contribution is -0.128. The fourth-order valence-corrected chi connectivity index (χ4v) is 4.20. The van der Waals surface area contributed by atoms with Crippen LogP contribution in [0.4, 0.5) is 0 Å². The quantitative estimate of drug-likeness (QED) is 0.853. The van der Waals surface area contributed by atoms with Crippen molar-refractivity contribution in [2.75, 3.05) is 19.7 Å². The van der Waals surface area contributed by atoms with Crippen molar-refractivity contribution in [1.29, 1.82) is 0 Å². The third kappa shape index (κ3) is 2.67. The first-order valence-corrected chi connectivity index (χ1v) is 8.73. The summed E-state index contributed by atoms with van der Waals surface area (Å²) < 4.78 is 16.2. The monoisotopic (exact) mass is 343 g/mol. The molecule has 0 aromatic heterocycles. The third-order valence-electron chi connectivity index (χ3n) is 4.16. The number of hydrogen-bond acceptors (Lipinski definition) is 5. The number of nitrogens with zero attached hydrogens (tertiary/aromatic N) is 1. The van der Waals surface area contributed by atoms with Crippen LogP contribution in [0, 0.1) is 0 Å². The number of ether oxygens (including phenoxy) is 3. The maximum Gasteiger partial charge on any atom is 0.234 e. The normalized spacial score (nSPS) is 19.0. The average Bonchev–Trinajstić information content (AvgIpc) is 3.22. The molecule has 0 radical (unpaired) electrons. The Kier molecular flexibility index (Phi) is 3.98. The van der Waals surface area contributed by atoms with E-state index < -0.39 is 0 Å². The Morgan fingerprint density at radius 2 is 2.04 bits per heavy atom. The van der Waals surface area contributed by atoms with E-state index in [2.05, 4.69) is 0 Å². The van der Waals surface area contributed by atoms with Gasteiger partial charge in [0.15, 0.2) is 11.5 Å². The van der Waals surface area contributed by atoms with Crippen molar-refractivity contribution < 1.29 is 19.0 Å². The molecule has 1 amide bonds. The highest BCUT2D eigenvalue weighted by Crippen LogP contribution is 2.43. The topological polar surface area (TPSA) is 48.0 Å². The van der Waals surface area contributed by atoms with Crippen LogP contribution in [0.1, 0.15) is 16.5 Å². The number of para-hydroxylation sites is 1. The molecule has 2 aromatic rings. The minimum absolute atomic E-state index is 0.0425. The molecule has 0 bridgehead atoms. The van der Waals surface area contributed by atoms with Gasteiger partial charge in [0, 0.05) is 12.1 Å². The Morgan fingerprint density at radius 1 is 1.21 bits per heavy atom. The van der Waals surface area contributed by atoms with Crippen LogP contribution in [-0.2, 0) is 11.3 Å². The second-order valence-electron chi connectivity index (χ2n) is 5.61. The maximum atomic E-state index is 12.4. The van der Waals surface area contributed by atoms with Gasteiger partial charge in [-0.3, -0.25) is 4.79 Å². The molecule has 1 atom stereocenters. The molecule has 4 rings (SSSR count). The number of rotatable bonds is 4. The van der Waals surface area contributed by atoms with E-state index in [1.54, 1.807) is 18.9 Å². The molecular formula is C18H17NO4S. The van der Waals surface area contributed by atoms with Crippen molar-refractivity contribution in [3.8, 4) is 17.2 Å². The van der Waals surface area contributed by atoms with Gasteiger partial charge in [0.25, 0.3) is 0 Å². The molecule has 1 saturated heterocycles. The van der Waals surface area contributed by atoms with Crippen LogP contribution in [0.25, 0.3) is 0 Å². The Bertz CT molecular complexity index is 779. The van der Waals surface area contributed by atoms with Gasteiger partial charge >= 0.3 is 0 Å². The van der Waals surface area contributed by atoms with Crippen LogP contribution in [0.2, 0.25) is 0 Å².